The molecule has 1 amide bonds. The second-order valence-electron chi connectivity index (χ2n) is 4.00. The monoisotopic (exact) mass is 205 g/mol. The second kappa shape index (κ2) is 3.93. The fourth-order valence-corrected chi connectivity index (χ4v) is 1.78. The van der Waals surface area contributed by atoms with Gasteiger partial charge in [0.2, 0.25) is 0 Å². The third kappa shape index (κ3) is 2.12. The van der Waals surface area contributed by atoms with Crippen LogP contribution < -0.4 is 0 Å². The summed E-state index contributed by atoms with van der Waals surface area (Å²) < 4.78 is 5.33. The Labute approximate surface area is 89.7 Å². The molecule has 0 bridgehead atoms. The number of amides is 1. The molecule has 3 nitrogen and oxygen atoms in total. The number of nitrogens with zero attached hydrogens (tertiary/aromatic N) is 1. The molecule has 0 spiro atoms. The second-order valence-corrected chi connectivity index (χ2v) is 4.00. The summed E-state index contributed by atoms with van der Waals surface area (Å²) in [6, 6.07) is 8.12. The Morgan fingerprint density at radius 2 is 2.27 bits per heavy atom. The van der Waals surface area contributed by atoms with Gasteiger partial charge >= 0.3 is 6.09 Å². The molecule has 1 aliphatic heterocycles. The van der Waals surface area contributed by atoms with E-state index in [9.17, 15) is 4.79 Å². The van der Waals surface area contributed by atoms with Crippen molar-refractivity contribution in [2.24, 2.45) is 0 Å². The number of rotatable bonds is 1. The first-order valence-electron chi connectivity index (χ1n) is 5.15. The summed E-state index contributed by atoms with van der Waals surface area (Å²) >= 11 is 0. The van der Waals surface area contributed by atoms with Crippen LogP contribution in [-0.4, -0.2) is 24.6 Å². The van der Waals surface area contributed by atoms with Crippen LogP contribution in [0.25, 0.3) is 0 Å². The summed E-state index contributed by atoms with van der Waals surface area (Å²) in [4.78, 5) is 13.0. The van der Waals surface area contributed by atoms with Crippen molar-refractivity contribution in [3.8, 4) is 0 Å². The highest BCUT2D eigenvalue weighted by molar-refractivity contribution is 5.68. The van der Waals surface area contributed by atoms with Crippen LogP contribution in [-0.2, 0) is 4.74 Å². The molecular formula is C12H15NO2. The zero-order chi connectivity index (χ0) is 10.8. The van der Waals surface area contributed by atoms with Gasteiger partial charge < -0.3 is 9.64 Å². The lowest BCUT2D eigenvalue weighted by Gasteiger charge is -2.29. The number of carbonyl (C=O) groups excluding carboxylic acids is 1. The molecule has 1 saturated heterocycles. The van der Waals surface area contributed by atoms with E-state index in [-0.39, 0.29) is 12.2 Å². The third-order valence-electron chi connectivity index (χ3n) is 2.70. The molecule has 15 heavy (non-hydrogen) atoms. The molecule has 0 N–H and O–H groups in total. The van der Waals surface area contributed by atoms with E-state index in [0.29, 0.717) is 0 Å². The van der Waals surface area contributed by atoms with Crippen molar-refractivity contribution < 1.29 is 9.53 Å². The van der Waals surface area contributed by atoms with E-state index in [1.54, 1.807) is 11.9 Å². The molecule has 0 aliphatic carbocycles. The lowest BCUT2D eigenvalue weighted by Crippen LogP contribution is -2.35. The van der Waals surface area contributed by atoms with E-state index in [1.165, 1.54) is 5.56 Å². The Bertz CT molecular complexity index is 376. The van der Waals surface area contributed by atoms with Gasteiger partial charge in [-0.05, 0) is 12.5 Å². The molecule has 80 valence electrons. The molecule has 1 aliphatic rings. The first kappa shape index (κ1) is 10.0. The zero-order valence-corrected chi connectivity index (χ0v) is 9.06. The van der Waals surface area contributed by atoms with Crippen LogP contribution in [0.15, 0.2) is 24.3 Å². The maximum atomic E-state index is 11.4. The molecule has 0 saturated carbocycles. The van der Waals surface area contributed by atoms with Crippen LogP contribution >= 0.6 is 0 Å². The summed E-state index contributed by atoms with van der Waals surface area (Å²) in [7, 11) is 1.76. The summed E-state index contributed by atoms with van der Waals surface area (Å²) in [6.45, 7) is 2.80. The molecule has 1 aromatic rings. The van der Waals surface area contributed by atoms with Gasteiger partial charge in [-0.1, -0.05) is 29.8 Å². The van der Waals surface area contributed by atoms with Crippen molar-refractivity contribution in [2.75, 3.05) is 13.6 Å². The van der Waals surface area contributed by atoms with Crippen molar-refractivity contribution in [1.82, 2.24) is 4.90 Å². The lowest BCUT2D eigenvalue weighted by molar-refractivity contribution is 0.0324. The minimum Gasteiger partial charge on any atom is -0.441 e. The van der Waals surface area contributed by atoms with Gasteiger partial charge in [-0.2, -0.15) is 0 Å². The molecule has 3 heteroatoms. The first-order chi connectivity index (χ1) is 7.16. The molecule has 0 unspecified atom stereocenters. The molecule has 1 atom stereocenters. The standard InChI is InChI=1S/C12H15NO2/c1-9-4-3-5-10(8-9)11-6-7-13(2)12(14)15-11/h3-5,8,11H,6-7H2,1-2H3/t11-/m0/s1. The van der Waals surface area contributed by atoms with Gasteiger partial charge in [0, 0.05) is 20.0 Å². The quantitative estimate of drug-likeness (QED) is 0.705. The summed E-state index contributed by atoms with van der Waals surface area (Å²) in [6.07, 6.45) is 0.562. The normalized spacial score (nSPS) is 21.3. The Morgan fingerprint density at radius 3 is 2.93 bits per heavy atom. The predicted molar refractivity (Wildman–Crippen MR) is 57.6 cm³/mol. The number of carbonyl (C=O) groups is 1. The van der Waals surface area contributed by atoms with Gasteiger partial charge in [0.1, 0.15) is 6.10 Å². The molecule has 1 fully saturated rings. The highest BCUT2D eigenvalue weighted by atomic mass is 16.6. The smallest absolute Gasteiger partial charge is 0.410 e. The zero-order valence-electron chi connectivity index (χ0n) is 9.06. The highest BCUT2D eigenvalue weighted by Crippen LogP contribution is 2.26. The van der Waals surface area contributed by atoms with Crippen molar-refractivity contribution in [3.05, 3.63) is 35.4 Å². The Hall–Kier alpha value is -1.51. The largest absolute Gasteiger partial charge is 0.441 e. The average Bonchev–Trinajstić information content (AvgIpc) is 2.22. The van der Waals surface area contributed by atoms with Crippen molar-refractivity contribution in [1.29, 1.82) is 0 Å². The Morgan fingerprint density at radius 1 is 1.47 bits per heavy atom. The van der Waals surface area contributed by atoms with Crippen molar-refractivity contribution in [2.45, 2.75) is 19.4 Å². The van der Waals surface area contributed by atoms with Gasteiger partial charge in [-0.3, -0.25) is 0 Å². The number of hydrogen-bond donors (Lipinski definition) is 0. The van der Waals surface area contributed by atoms with E-state index >= 15 is 0 Å². The Kier molecular flexibility index (Phi) is 2.62. The van der Waals surface area contributed by atoms with Gasteiger partial charge in [0.05, 0.1) is 0 Å². The summed E-state index contributed by atoms with van der Waals surface area (Å²) in [5.74, 6) is 0. The van der Waals surface area contributed by atoms with Crippen LogP contribution in [0.2, 0.25) is 0 Å². The van der Waals surface area contributed by atoms with Gasteiger partial charge in [-0.15, -0.1) is 0 Å². The van der Waals surface area contributed by atoms with Gasteiger partial charge in [0.25, 0.3) is 0 Å². The fourth-order valence-electron chi connectivity index (χ4n) is 1.78. The number of cyclic esters (lactones) is 1. The van der Waals surface area contributed by atoms with Crippen molar-refractivity contribution in [3.63, 3.8) is 0 Å². The number of aryl methyl sites for hydroxylation is 1. The molecule has 1 aromatic carbocycles. The topological polar surface area (TPSA) is 29.5 Å². The van der Waals surface area contributed by atoms with E-state index in [1.807, 2.05) is 25.1 Å². The SMILES string of the molecule is Cc1cccc([C@@H]2CCN(C)C(=O)O2)c1. The van der Waals surface area contributed by atoms with Crippen molar-refractivity contribution >= 4 is 6.09 Å². The van der Waals surface area contributed by atoms with Crippen LogP contribution in [0.5, 0.6) is 0 Å². The van der Waals surface area contributed by atoms with Crippen LogP contribution in [0, 0.1) is 6.92 Å². The summed E-state index contributed by atoms with van der Waals surface area (Å²) in [5.41, 5.74) is 2.29. The van der Waals surface area contributed by atoms with E-state index < -0.39 is 0 Å². The van der Waals surface area contributed by atoms with Crippen LogP contribution in [0.3, 0.4) is 0 Å². The van der Waals surface area contributed by atoms with Gasteiger partial charge in [0.15, 0.2) is 0 Å². The van der Waals surface area contributed by atoms with Gasteiger partial charge in [-0.25, -0.2) is 4.79 Å². The van der Waals surface area contributed by atoms with Crippen LogP contribution in [0.4, 0.5) is 4.79 Å². The number of hydrogen-bond acceptors (Lipinski definition) is 2. The fraction of sp³-hybridized carbons (Fsp3) is 0.417. The highest BCUT2D eigenvalue weighted by Gasteiger charge is 2.25. The average molecular weight is 205 g/mol. The Balaban J connectivity index is 2.15. The lowest BCUT2D eigenvalue weighted by atomic mass is 10.0. The molecule has 2 rings (SSSR count). The molecule has 1 heterocycles. The van der Waals surface area contributed by atoms with Crippen LogP contribution in [0.1, 0.15) is 23.7 Å². The molecule has 0 radical (unpaired) electrons. The maximum Gasteiger partial charge on any atom is 0.410 e. The minimum absolute atomic E-state index is 0.0754. The molecule has 0 aromatic heterocycles. The molecular weight excluding hydrogens is 190 g/mol. The minimum atomic E-state index is -0.229. The number of ether oxygens (including phenoxy) is 1. The van der Waals surface area contributed by atoms with E-state index in [2.05, 4.69) is 6.07 Å². The van der Waals surface area contributed by atoms with E-state index in [0.717, 1.165) is 18.5 Å². The maximum absolute atomic E-state index is 11.4. The first-order valence-corrected chi connectivity index (χ1v) is 5.15. The van der Waals surface area contributed by atoms with E-state index in [4.69, 9.17) is 4.74 Å². The number of benzene rings is 1. The third-order valence-corrected chi connectivity index (χ3v) is 2.70. The predicted octanol–water partition coefficient (Wildman–Crippen LogP) is 2.51. The summed E-state index contributed by atoms with van der Waals surface area (Å²) in [5, 5.41) is 0.